The normalized spacial score (nSPS) is 17.5. The van der Waals surface area contributed by atoms with Crippen LogP contribution in [-0.4, -0.2) is 20.1 Å². The third kappa shape index (κ3) is 2.58. The van der Waals surface area contributed by atoms with Crippen LogP contribution >= 0.6 is 15.9 Å². The van der Waals surface area contributed by atoms with Crippen molar-refractivity contribution in [3.63, 3.8) is 0 Å². The lowest BCUT2D eigenvalue weighted by atomic mass is 10.3. The van der Waals surface area contributed by atoms with Crippen molar-refractivity contribution in [1.29, 1.82) is 0 Å². The number of sulfone groups is 1. The summed E-state index contributed by atoms with van der Waals surface area (Å²) in [6, 6.07) is 7.20. The van der Waals surface area contributed by atoms with E-state index in [-0.39, 0.29) is 16.6 Å². The fraction of sp³-hybridized carbons (Fsp3) is 0.182. The zero-order valence-corrected chi connectivity index (χ0v) is 11.5. The number of hydrogen-bond donors (Lipinski definition) is 0. The molecule has 0 spiro atoms. The first-order chi connectivity index (χ1) is 8.00. The van der Waals surface area contributed by atoms with Gasteiger partial charge in [0.2, 0.25) is 9.84 Å². The van der Waals surface area contributed by atoms with Gasteiger partial charge in [-0.2, -0.15) is 0 Å². The lowest BCUT2D eigenvalue weighted by Gasteiger charge is -2.06. The van der Waals surface area contributed by atoms with Gasteiger partial charge >= 0.3 is 0 Å². The number of hydrogen-bond acceptors (Lipinski definition) is 4. The van der Waals surface area contributed by atoms with Crippen LogP contribution in [0.15, 0.2) is 44.8 Å². The second-order valence-corrected chi connectivity index (χ2v) is 6.55. The Bertz CT molecular complexity index is 605. The van der Waals surface area contributed by atoms with E-state index in [1.165, 1.54) is 13.1 Å². The maximum atomic E-state index is 11.7. The van der Waals surface area contributed by atoms with E-state index in [4.69, 9.17) is 4.74 Å². The molecule has 1 aromatic carbocycles. The fourth-order valence-corrected chi connectivity index (χ4v) is 2.65. The Balaban J connectivity index is 2.07. The molecule has 90 valence electrons. The second kappa shape index (κ2) is 4.62. The molecule has 0 amide bonds. The van der Waals surface area contributed by atoms with E-state index in [0.717, 1.165) is 4.47 Å². The highest BCUT2D eigenvalue weighted by atomic mass is 79.9. The van der Waals surface area contributed by atoms with Gasteiger partial charge in [-0.05, 0) is 25.1 Å². The third-order valence-electron chi connectivity index (χ3n) is 2.28. The number of nitrogens with zero attached hydrogens (tertiary/aromatic N) is 1. The molecule has 1 aliphatic heterocycles. The molecular weight excluding hydrogens is 306 g/mol. The molecule has 0 fully saturated rings. The molecule has 0 atom stereocenters. The average Bonchev–Trinajstić information content (AvgIpc) is 2.52. The Morgan fingerprint density at radius 2 is 2.18 bits per heavy atom. The molecule has 0 unspecified atom stereocenters. The van der Waals surface area contributed by atoms with Crippen LogP contribution in [0.25, 0.3) is 0 Å². The lowest BCUT2D eigenvalue weighted by molar-refractivity contribution is 0.378. The number of ether oxygens (including phenoxy) is 1. The maximum absolute atomic E-state index is 11.7. The topological polar surface area (TPSA) is 55.7 Å². The van der Waals surface area contributed by atoms with E-state index in [2.05, 4.69) is 20.9 Å². The number of allylic oxidation sites excluding steroid dienone is 1. The van der Waals surface area contributed by atoms with Gasteiger partial charge in [0.1, 0.15) is 12.4 Å². The monoisotopic (exact) mass is 315 g/mol. The van der Waals surface area contributed by atoms with Crippen LogP contribution in [0.3, 0.4) is 0 Å². The van der Waals surface area contributed by atoms with Gasteiger partial charge in [0.25, 0.3) is 0 Å². The first-order valence-corrected chi connectivity index (χ1v) is 7.14. The molecule has 6 heteroatoms. The summed E-state index contributed by atoms with van der Waals surface area (Å²) in [5.41, 5.74) is 0. The SMILES string of the molecule is CC1=CN=C(COc2cccc(Br)c2)S1(=O)=O. The molecule has 17 heavy (non-hydrogen) atoms. The minimum absolute atomic E-state index is 0.0490. The largest absolute Gasteiger partial charge is 0.486 e. The van der Waals surface area contributed by atoms with Gasteiger partial charge in [-0.1, -0.05) is 22.0 Å². The lowest BCUT2D eigenvalue weighted by Crippen LogP contribution is -2.19. The Morgan fingerprint density at radius 1 is 1.41 bits per heavy atom. The third-order valence-corrected chi connectivity index (χ3v) is 4.57. The van der Waals surface area contributed by atoms with Crippen LogP contribution < -0.4 is 4.74 Å². The molecule has 0 N–H and O–H groups in total. The molecule has 0 bridgehead atoms. The van der Waals surface area contributed by atoms with Gasteiger partial charge in [-0.3, -0.25) is 0 Å². The summed E-state index contributed by atoms with van der Waals surface area (Å²) in [5.74, 6) is 0.599. The molecule has 4 nitrogen and oxygen atoms in total. The van der Waals surface area contributed by atoms with Crippen LogP contribution in [0, 0.1) is 0 Å². The van der Waals surface area contributed by atoms with Crippen molar-refractivity contribution in [2.75, 3.05) is 6.61 Å². The fourth-order valence-electron chi connectivity index (χ4n) is 1.30. The Kier molecular flexibility index (Phi) is 3.35. The van der Waals surface area contributed by atoms with Gasteiger partial charge in [0.15, 0.2) is 5.04 Å². The number of aliphatic imine (C=N–C) groups is 1. The van der Waals surface area contributed by atoms with Crippen molar-refractivity contribution in [2.45, 2.75) is 6.92 Å². The number of rotatable bonds is 3. The van der Waals surface area contributed by atoms with Crippen molar-refractivity contribution in [1.82, 2.24) is 0 Å². The van der Waals surface area contributed by atoms with E-state index >= 15 is 0 Å². The van der Waals surface area contributed by atoms with Crippen molar-refractivity contribution in [3.8, 4) is 5.75 Å². The highest BCUT2D eigenvalue weighted by Crippen LogP contribution is 2.20. The standard InChI is InChI=1S/C11H10BrNO3S/c1-8-6-13-11(17(8,14)15)7-16-10-4-2-3-9(12)5-10/h2-6H,7H2,1H3. The minimum atomic E-state index is -3.37. The van der Waals surface area contributed by atoms with E-state index in [0.29, 0.717) is 5.75 Å². The van der Waals surface area contributed by atoms with E-state index in [1.807, 2.05) is 12.1 Å². The molecule has 1 aromatic rings. The van der Waals surface area contributed by atoms with Gasteiger partial charge < -0.3 is 4.74 Å². The van der Waals surface area contributed by atoms with Crippen molar-refractivity contribution >= 4 is 30.8 Å². The van der Waals surface area contributed by atoms with Gasteiger partial charge in [0.05, 0.1) is 4.91 Å². The van der Waals surface area contributed by atoms with E-state index in [9.17, 15) is 8.42 Å². The second-order valence-electron chi connectivity index (χ2n) is 3.51. The summed E-state index contributed by atoms with van der Waals surface area (Å²) in [4.78, 5) is 4.09. The molecule has 1 aliphatic rings. The summed E-state index contributed by atoms with van der Waals surface area (Å²) in [7, 11) is -3.37. The molecule has 2 rings (SSSR count). The molecular formula is C11H10BrNO3S. The van der Waals surface area contributed by atoms with Crippen LogP contribution in [-0.2, 0) is 9.84 Å². The van der Waals surface area contributed by atoms with Crippen LogP contribution in [0.5, 0.6) is 5.75 Å². The minimum Gasteiger partial charge on any atom is -0.486 e. The molecule has 0 radical (unpaired) electrons. The quantitative estimate of drug-likeness (QED) is 0.861. The first kappa shape index (κ1) is 12.3. The Labute approximate surface area is 108 Å². The first-order valence-electron chi connectivity index (χ1n) is 4.87. The van der Waals surface area contributed by atoms with Crippen molar-refractivity contribution in [2.24, 2.45) is 4.99 Å². The molecule has 1 heterocycles. The number of halogens is 1. The van der Waals surface area contributed by atoms with Crippen molar-refractivity contribution < 1.29 is 13.2 Å². The van der Waals surface area contributed by atoms with Crippen LogP contribution in [0.1, 0.15) is 6.92 Å². The predicted octanol–water partition coefficient (Wildman–Crippen LogP) is 2.52. The number of benzene rings is 1. The van der Waals surface area contributed by atoms with E-state index in [1.54, 1.807) is 12.1 Å². The molecule has 0 saturated carbocycles. The average molecular weight is 316 g/mol. The Hall–Kier alpha value is -1.14. The summed E-state index contributed by atoms with van der Waals surface area (Å²) in [6.07, 6.45) is 1.34. The maximum Gasteiger partial charge on any atom is 0.220 e. The van der Waals surface area contributed by atoms with Gasteiger partial charge in [-0.25, -0.2) is 13.4 Å². The van der Waals surface area contributed by atoms with Crippen LogP contribution in [0.4, 0.5) is 0 Å². The summed E-state index contributed by atoms with van der Waals surface area (Å²) in [5, 5.41) is 0.0509. The highest BCUT2D eigenvalue weighted by Gasteiger charge is 2.26. The summed E-state index contributed by atoms with van der Waals surface area (Å²) in [6.45, 7) is 1.47. The predicted molar refractivity (Wildman–Crippen MR) is 69.7 cm³/mol. The molecule has 0 aliphatic carbocycles. The summed E-state index contributed by atoms with van der Waals surface area (Å²) >= 11 is 3.31. The zero-order valence-electron chi connectivity index (χ0n) is 9.05. The molecule has 0 aromatic heterocycles. The van der Waals surface area contributed by atoms with Gasteiger partial charge in [-0.15, -0.1) is 0 Å². The van der Waals surface area contributed by atoms with E-state index < -0.39 is 9.84 Å². The van der Waals surface area contributed by atoms with Crippen LogP contribution in [0.2, 0.25) is 0 Å². The zero-order chi connectivity index (χ0) is 12.5. The highest BCUT2D eigenvalue weighted by molar-refractivity contribution is 9.10. The van der Waals surface area contributed by atoms with Gasteiger partial charge in [0, 0.05) is 10.7 Å². The summed E-state index contributed by atoms with van der Waals surface area (Å²) < 4.78 is 29.6. The Morgan fingerprint density at radius 3 is 2.76 bits per heavy atom. The van der Waals surface area contributed by atoms with Crippen molar-refractivity contribution in [3.05, 3.63) is 39.8 Å². The molecule has 0 saturated heterocycles. The smallest absolute Gasteiger partial charge is 0.220 e.